The van der Waals surface area contributed by atoms with E-state index in [0.717, 1.165) is 0 Å². The minimum Gasteiger partial charge on any atom is -0.370 e. The number of aromatic nitrogens is 2. The predicted octanol–water partition coefficient (Wildman–Crippen LogP) is -1.55. The molecule has 36 heavy (non-hydrogen) atoms. The van der Waals surface area contributed by atoms with Crippen LogP contribution in [0.15, 0.2) is 12.5 Å². The van der Waals surface area contributed by atoms with Crippen LogP contribution in [0.2, 0.25) is 0 Å². The Morgan fingerprint density at radius 1 is 0.861 bits per heavy atom. The fourth-order valence-corrected chi connectivity index (χ4v) is 3.53. The highest BCUT2D eigenvalue weighted by Gasteiger charge is 2.31. The normalized spacial score (nSPS) is 14.4. The zero-order chi connectivity index (χ0) is 27.4. The van der Waals surface area contributed by atoms with Gasteiger partial charge in [0.15, 0.2) is 0 Å². The van der Waals surface area contributed by atoms with E-state index in [1.165, 1.54) is 13.4 Å². The highest BCUT2D eigenvalue weighted by atomic mass is 16.2. The van der Waals surface area contributed by atoms with Crippen molar-refractivity contribution >= 4 is 29.5 Å². The van der Waals surface area contributed by atoms with Crippen LogP contribution < -0.4 is 32.7 Å². The molecule has 0 radical (unpaired) electrons. The first kappa shape index (κ1) is 30.6. The van der Waals surface area contributed by atoms with E-state index in [9.17, 15) is 24.0 Å². The van der Waals surface area contributed by atoms with Crippen molar-refractivity contribution in [2.75, 3.05) is 7.05 Å². The van der Waals surface area contributed by atoms with Gasteiger partial charge in [0.05, 0.1) is 24.5 Å². The summed E-state index contributed by atoms with van der Waals surface area (Å²) in [7, 11) is 1.37. The molecule has 0 fully saturated rings. The Balaban J connectivity index is 2.98. The average Bonchev–Trinajstić information content (AvgIpc) is 3.28. The summed E-state index contributed by atoms with van der Waals surface area (Å²) in [4.78, 5) is 69.2. The molecule has 0 saturated carbocycles. The van der Waals surface area contributed by atoms with Gasteiger partial charge < -0.3 is 37.7 Å². The molecule has 0 aromatic carbocycles. The van der Waals surface area contributed by atoms with Crippen LogP contribution in [0, 0.1) is 11.8 Å². The number of aromatic amines is 1. The summed E-state index contributed by atoms with van der Waals surface area (Å²) < 4.78 is 0. The molecule has 9 N–H and O–H groups in total. The minimum absolute atomic E-state index is 0.0102. The Kier molecular flexibility index (Phi) is 12.6. The molecule has 1 heterocycles. The number of likely N-dealkylation sites (N-methyl/N-ethyl adjacent to an activating group) is 1. The second kappa shape index (κ2) is 14.8. The summed E-state index contributed by atoms with van der Waals surface area (Å²) in [5, 5.41) is 10.2. The lowest BCUT2D eigenvalue weighted by Gasteiger charge is -2.27. The first-order chi connectivity index (χ1) is 16.8. The number of carbonyl (C=O) groups is 5. The Morgan fingerprint density at radius 2 is 1.36 bits per heavy atom. The van der Waals surface area contributed by atoms with E-state index >= 15 is 0 Å². The third-order valence-electron chi connectivity index (χ3n) is 5.29. The zero-order valence-corrected chi connectivity index (χ0v) is 21.6. The highest BCUT2D eigenvalue weighted by Crippen LogP contribution is 2.10. The van der Waals surface area contributed by atoms with Gasteiger partial charge in [-0.1, -0.05) is 27.7 Å². The molecule has 0 bridgehead atoms. The lowest BCUT2D eigenvalue weighted by atomic mass is 9.99. The van der Waals surface area contributed by atoms with Crippen molar-refractivity contribution in [3.63, 3.8) is 0 Å². The molecule has 4 atom stereocenters. The SMILES string of the molecule is CNC(=O)[C@H](CC(N)=O)NC(=O)[C@H](CC(C)C)NC(=O)[C@H](CC(C)C)NC(=O)[C@@H](N)Cc1c[nH]cn1. The number of rotatable bonds is 15. The van der Waals surface area contributed by atoms with Crippen LogP contribution in [-0.4, -0.2) is 70.7 Å². The van der Waals surface area contributed by atoms with Crippen molar-refractivity contribution in [2.45, 2.75) is 77.5 Å². The molecule has 0 spiro atoms. The maximum atomic E-state index is 13.2. The maximum Gasteiger partial charge on any atom is 0.243 e. The van der Waals surface area contributed by atoms with Crippen LogP contribution in [0.3, 0.4) is 0 Å². The van der Waals surface area contributed by atoms with Gasteiger partial charge in [0.25, 0.3) is 0 Å². The van der Waals surface area contributed by atoms with Gasteiger partial charge in [-0.3, -0.25) is 24.0 Å². The number of hydrogen-bond acceptors (Lipinski definition) is 7. The van der Waals surface area contributed by atoms with Crippen molar-refractivity contribution in [3.8, 4) is 0 Å². The van der Waals surface area contributed by atoms with Crippen molar-refractivity contribution in [1.82, 2.24) is 31.2 Å². The molecule has 13 heteroatoms. The quantitative estimate of drug-likeness (QED) is 0.148. The van der Waals surface area contributed by atoms with Gasteiger partial charge in [0.1, 0.15) is 18.1 Å². The zero-order valence-electron chi connectivity index (χ0n) is 21.6. The summed E-state index contributed by atoms with van der Waals surface area (Å²) in [6.07, 6.45) is 3.47. The van der Waals surface area contributed by atoms with Gasteiger partial charge >= 0.3 is 0 Å². The molecule has 0 aliphatic rings. The smallest absolute Gasteiger partial charge is 0.243 e. The van der Waals surface area contributed by atoms with Gasteiger partial charge in [-0.2, -0.15) is 0 Å². The lowest BCUT2D eigenvalue weighted by Crippen LogP contribution is -2.58. The maximum absolute atomic E-state index is 13.2. The molecule has 1 rings (SSSR count). The number of hydrogen-bond donors (Lipinski definition) is 7. The van der Waals surface area contributed by atoms with Gasteiger partial charge in [-0.05, 0) is 24.7 Å². The van der Waals surface area contributed by atoms with E-state index < -0.39 is 60.1 Å². The summed E-state index contributed by atoms with van der Waals surface area (Å²) in [5.41, 5.74) is 11.8. The fourth-order valence-electron chi connectivity index (χ4n) is 3.53. The Bertz CT molecular complexity index is 887. The van der Waals surface area contributed by atoms with E-state index in [0.29, 0.717) is 12.1 Å². The summed E-state index contributed by atoms with van der Waals surface area (Å²) in [5.74, 6) is -3.02. The molecule has 1 aromatic heterocycles. The van der Waals surface area contributed by atoms with Crippen LogP contribution >= 0.6 is 0 Å². The molecule has 202 valence electrons. The van der Waals surface area contributed by atoms with Crippen LogP contribution in [0.1, 0.15) is 52.7 Å². The van der Waals surface area contributed by atoms with Gasteiger partial charge in [-0.25, -0.2) is 4.98 Å². The monoisotopic (exact) mass is 508 g/mol. The first-order valence-corrected chi connectivity index (χ1v) is 12.0. The predicted molar refractivity (Wildman–Crippen MR) is 133 cm³/mol. The molecule has 0 saturated heterocycles. The first-order valence-electron chi connectivity index (χ1n) is 12.0. The number of imidazole rings is 1. The second-order valence-electron chi connectivity index (χ2n) is 9.60. The standard InChI is InChI=1S/C23H40N8O5/c1-12(2)6-16(29-20(33)15(24)8-14-10-27-11-28-14)22(35)30-17(7-13(3)4)23(36)31-18(9-19(25)32)21(34)26-5/h10-13,15-18H,6-9,24H2,1-5H3,(H2,25,32)(H,26,34)(H,27,28)(H,29,33)(H,30,35)(H,31,36)/t15-,16-,17-,18-/m0/s1. The second-order valence-corrected chi connectivity index (χ2v) is 9.60. The van der Waals surface area contributed by atoms with Crippen molar-refractivity contribution in [3.05, 3.63) is 18.2 Å². The van der Waals surface area contributed by atoms with Crippen LogP contribution in [-0.2, 0) is 30.4 Å². The van der Waals surface area contributed by atoms with Crippen molar-refractivity contribution < 1.29 is 24.0 Å². The van der Waals surface area contributed by atoms with Gasteiger partial charge in [0, 0.05) is 19.7 Å². The molecule has 0 unspecified atom stereocenters. The number of H-pyrrole nitrogens is 1. The molecular weight excluding hydrogens is 468 g/mol. The number of primary amides is 1. The third-order valence-corrected chi connectivity index (χ3v) is 5.29. The fraction of sp³-hybridized carbons (Fsp3) is 0.652. The summed E-state index contributed by atoms with van der Waals surface area (Å²) in [6.45, 7) is 7.53. The van der Waals surface area contributed by atoms with Crippen molar-refractivity contribution in [2.24, 2.45) is 23.3 Å². The number of amides is 5. The lowest BCUT2D eigenvalue weighted by molar-refractivity contribution is -0.135. The molecule has 13 nitrogen and oxygen atoms in total. The third kappa shape index (κ3) is 10.8. The summed E-state index contributed by atoms with van der Waals surface area (Å²) >= 11 is 0. The van der Waals surface area contributed by atoms with Crippen LogP contribution in [0.5, 0.6) is 0 Å². The minimum atomic E-state index is -1.18. The molecule has 1 aromatic rings. The summed E-state index contributed by atoms with van der Waals surface area (Å²) in [6, 6.07) is -4.06. The van der Waals surface area contributed by atoms with Crippen LogP contribution in [0.25, 0.3) is 0 Å². The topological polar surface area (TPSA) is 214 Å². The van der Waals surface area contributed by atoms with Crippen LogP contribution in [0.4, 0.5) is 0 Å². The molecule has 0 aliphatic heterocycles. The van der Waals surface area contributed by atoms with E-state index in [4.69, 9.17) is 11.5 Å². The van der Waals surface area contributed by atoms with Gasteiger partial charge in [-0.15, -0.1) is 0 Å². The number of nitrogens with one attached hydrogen (secondary N) is 5. The van der Waals surface area contributed by atoms with E-state index in [1.807, 2.05) is 27.7 Å². The average molecular weight is 509 g/mol. The highest BCUT2D eigenvalue weighted by molar-refractivity contribution is 5.96. The Labute approximate surface area is 211 Å². The molecule has 0 aliphatic carbocycles. The molecule has 5 amide bonds. The van der Waals surface area contributed by atoms with E-state index in [2.05, 4.69) is 31.2 Å². The number of nitrogens with zero attached hydrogens (tertiary/aromatic N) is 1. The largest absolute Gasteiger partial charge is 0.370 e. The van der Waals surface area contributed by atoms with E-state index in [1.54, 1.807) is 6.20 Å². The number of nitrogens with two attached hydrogens (primary N) is 2. The Morgan fingerprint density at radius 3 is 1.78 bits per heavy atom. The Hall–Kier alpha value is -3.48. The van der Waals surface area contributed by atoms with Crippen molar-refractivity contribution in [1.29, 1.82) is 0 Å². The molecular formula is C23H40N8O5. The number of carbonyl (C=O) groups excluding carboxylic acids is 5. The van der Waals surface area contributed by atoms with E-state index in [-0.39, 0.29) is 24.7 Å². The van der Waals surface area contributed by atoms with Gasteiger partial charge in [0.2, 0.25) is 29.5 Å².